The van der Waals surface area contributed by atoms with Crippen LogP contribution in [0.1, 0.15) is 64.7 Å². The molecule has 0 unspecified atom stereocenters. The largest absolute Gasteiger partial charge is 0.452 e. The van der Waals surface area contributed by atoms with E-state index in [1.54, 1.807) is 6.92 Å². The quantitative estimate of drug-likeness (QED) is 0.525. The minimum absolute atomic E-state index is 0.0878. The number of carbonyl (C=O) groups is 2. The number of ether oxygens (including phenoxy) is 1. The lowest BCUT2D eigenvalue weighted by molar-refractivity contribution is -0.157. The van der Waals surface area contributed by atoms with Crippen LogP contribution in [-0.4, -0.2) is 58.0 Å². The molecule has 0 radical (unpaired) electrons. The molecule has 1 aromatic rings. The van der Waals surface area contributed by atoms with E-state index in [0.717, 1.165) is 48.2 Å². The van der Waals surface area contributed by atoms with Crippen molar-refractivity contribution in [3.63, 3.8) is 0 Å². The van der Waals surface area contributed by atoms with Crippen LogP contribution in [0.2, 0.25) is 0 Å². The molecule has 2 heterocycles. The predicted molar refractivity (Wildman–Crippen MR) is 112 cm³/mol. The Kier molecular flexibility index (Phi) is 8.39. The second-order valence-corrected chi connectivity index (χ2v) is 9.71. The Bertz CT molecular complexity index is 641. The van der Waals surface area contributed by atoms with Crippen molar-refractivity contribution in [2.75, 3.05) is 24.2 Å². The van der Waals surface area contributed by atoms with Gasteiger partial charge in [0.1, 0.15) is 0 Å². The Labute approximate surface area is 175 Å². The van der Waals surface area contributed by atoms with Gasteiger partial charge in [-0.1, -0.05) is 55.2 Å². The summed E-state index contributed by atoms with van der Waals surface area (Å²) in [5, 5.41) is 12.6. The maximum absolute atomic E-state index is 12.5. The molecule has 7 nitrogen and oxygen atoms in total. The first-order chi connectivity index (χ1) is 13.6. The number of hydrogen-bond acceptors (Lipinski definition) is 8. The highest BCUT2D eigenvalue weighted by Gasteiger charge is 2.24. The summed E-state index contributed by atoms with van der Waals surface area (Å²) in [5.41, 5.74) is 0. The molecule has 28 heavy (non-hydrogen) atoms. The number of nitrogens with one attached hydrogen (secondary N) is 1. The van der Waals surface area contributed by atoms with E-state index in [2.05, 4.69) is 15.5 Å². The van der Waals surface area contributed by atoms with E-state index in [0.29, 0.717) is 6.04 Å². The zero-order chi connectivity index (χ0) is 19.8. The average Bonchev–Trinajstić information content (AvgIpc) is 2.97. The number of hydrogen-bond donors (Lipinski definition) is 1. The van der Waals surface area contributed by atoms with Crippen LogP contribution in [0.15, 0.2) is 4.34 Å². The van der Waals surface area contributed by atoms with E-state index in [-0.39, 0.29) is 11.7 Å². The van der Waals surface area contributed by atoms with Gasteiger partial charge in [0.15, 0.2) is 10.4 Å². The number of thioether (sulfide) groups is 1. The zero-order valence-electron chi connectivity index (χ0n) is 16.5. The van der Waals surface area contributed by atoms with Crippen molar-refractivity contribution in [1.29, 1.82) is 0 Å². The molecular weight excluding hydrogens is 396 g/mol. The zero-order valence-corrected chi connectivity index (χ0v) is 18.2. The van der Waals surface area contributed by atoms with Gasteiger partial charge < -0.3 is 15.0 Å². The smallest absolute Gasteiger partial charge is 0.317 e. The van der Waals surface area contributed by atoms with Crippen LogP contribution in [0.3, 0.4) is 0 Å². The van der Waals surface area contributed by atoms with Gasteiger partial charge in [0.2, 0.25) is 5.13 Å². The fourth-order valence-electron chi connectivity index (χ4n) is 3.70. The average molecular weight is 427 g/mol. The first-order valence-corrected chi connectivity index (χ1v) is 12.1. The number of esters is 1. The second kappa shape index (κ2) is 11.0. The molecule has 156 valence electrons. The minimum atomic E-state index is -0.732. The Balaban J connectivity index is 1.39. The number of anilines is 1. The molecule has 1 aliphatic heterocycles. The lowest BCUT2D eigenvalue weighted by atomic mass is 9.96. The van der Waals surface area contributed by atoms with Gasteiger partial charge in [0, 0.05) is 19.1 Å². The van der Waals surface area contributed by atoms with Crippen molar-refractivity contribution < 1.29 is 14.3 Å². The lowest BCUT2D eigenvalue weighted by Crippen LogP contribution is -2.40. The summed E-state index contributed by atoms with van der Waals surface area (Å²) in [6, 6.07) is 0.482. The van der Waals surface area contributed by atoms with Crippen LogP contribution in [-0.2, 0) is 14.3 Å². The maximum atomic E-state index is 12.5. The lowest BCUT2D eigenvalue weighted by Gasteiger charge is -2.23. The van der Waals surface area contributed by atoms with Crippen molar-refractivity contribution in [2.24, 2.45) is 0 Å². The summed E-state index contributed by atoms with van der Waals surface area (Å²) >= 11 is 2.77. The van der Waals surface area contributed by atoms with Gasteiger partial charge in [0.25, 0.3) is 5.91 Å². The van der Waals surface area contributed by atoms with Gasteiger partial charge in [-0.2, -0.15) is 0 Å². The third-order valence-corrected chi connectivity index (χ3v) is 7.19. The SMILES string of the molecule is C[C@H](OC(=O)CSc1nnc(NC2CCCCC2)s1)C(=O)N1CCCCCC1. The van der Waals surface area contributed by atoms with Crippen LogP contribution < -0.4 is 5.32 Å². The fourth-order valence-corrected chi connectivity index (χ4v) is 5.31. The van der Waals surface area contributed by atoms with E-state index in [9.17, 15) is 9.59 Å². The molecule has 9 heteroatoms. The van der Waals surface area contributed by atoms with Gasteiger partial charge in [-0.25, -0.2) is 0 Å². The first-order valence-electron chi connectivity index (χ1n) is 10.3. The van der Waals surface area contributed by atoms with Crippen LogP contribution in [0.5, 0.6) is 0 Å². The Morgan fingerprint density at radius 1 is 1.14 bits per heavy atom. The standard InChI is InChI=1S/C19H30N4O3S2/c1-14(17(25)23-11-7-2-3-8-12-23)26-16(24)13-27-19-22-21-18(28-19)20-15-9-5-4-6-10-15/h14-15H,2-13H2,1H3,(H,20,21)/t14-/m0/s1. The van der Waals surface area contributed by atoms with Crippen LogP contribution in [0, 0.1) is 0 Å². The summed E-state index contributed by atoms with van der Waals surface area (Å²) in [5.74, 6) is -0.344. The molecule has 1 saturated carbocycles. The van der Waals surface area contributed by atoms with Crippen molar-refractivity contribution in [3.05, 3.63) is 0 Å². The summed E-state index contributed by atoms with van der Waals surface area (Å²) in [6.45, 7) is 3.18. The molecule has 0 spiro atoms. The first kappa shape index (κ1) is 21.4. The summed E-state index contributed by atoms with van der Waals surface area (Å²) < 4.78 is 6.08. The molecule has 1 amide bonds. The Morgan fingerprint density at radius 2 is 1.82 bits per heavy atom. The molecule has 1 N–H and O–H groups in total. The summed E-state index contributed by atoms with van der Waals surface area (Å²) in [4.78, 5) is 26.4. The topological polar surface area (TPSA) is 84.4 Å². The number of amides is 1. The van der Waals surface area contributed by atoms with Gasteiger partial charge >= 0.3 is 5.97 Å². The predicted octanol–water partition coefficient (Wildman–Crippen LogP) is 3.71. The molecule has 2 aliphatic rings. The van der Waals surface area contributed by atoms with Gasteiger partial charge in [-0.15, -0.1) is 10.2 Å². The van der Waals surface area contributed by atoms with Crippen LogP contribution in [0.25, 0.3) is 0 Å². The molecule has 1 aliphatic carbocycles. The fraction of sp³-hybridized carbons (Fsp3) is 0.789. The van der Waals surface area contributed by atoms with E-state index in [1.807, 2.05) is 4.90 Å². The van der Waals surface area contributed by atoms with E-state index in [4.69, 9.17) is 4.74 Å². The number of likely N-dealkylation sites (tertiary alicyclic amines) is 1. The Hall–Kier alpha value is -1.35. The van der Waals surface area contributed by atoms with Crippen molar-refractivity contribution in [3.8, 4) is 0 Å². The molecular formula is C19H30N4O3S2. The van der Waals surface area contributed by atoms with Crippen LogP contribution in [0.4, 0.5) is 5.13 Å². The molecule has 3 rings (SSSR count). The normalized spacial score (nSPS) is 19.7. The highest BCUT2D eigenvalue weighted by molar-refractivity contribution is 8.01. The minimum Gasteiger partial charge on any atom is -0.452 e. The molecule has 1 aromatic heterocycles. The third-order valence-electron chi connectivity index (χ3n) is 5.23. The monoisotopic (exact) mass is 426 g/mol. The highest BCUT2D eigenvalue weighted by atomic mass is 32.2. The highest BCUT2D eigenvalue weighted by Crippen LogP contribution is 2.28. The number of carbonyl (C=O) groups excluding carboxylic acids is 2. The number of rotatable bonds is 7. The molecule has 1 saturated heterocycles. The summed E-state index contributed by atoms with van der Waals surface area (Å²) in [7, 11) is 0. The number of nitrogens with zero attached hydrogens (tertiary/aromatic N) is 3. The second-order valence-electron chi connectivity index (χ2n) is 7.51. The van der Waals surface area contributed by atoms with Crippen molar-refractivity contribution in [1.82, 2.24) is 15.1 Å². The van der Waals surface area contributed by atoms with Crippen molar-refractivity contribution in [2.45, 2.75) is 81.2 Å². The van der Waals surface area contributed by atoms with Gasteiger partial charge in [0.05, 0.1) is 5.75 Å². The van der Waals surface area contributed by atoms with Crippen molar-refractivity contribution >= 4 is 40.1 Å². The van der Waals surface area contributed by atoms with Crippen LogP contribution >= 0.6 is 23.1 Å². The maximum Gasteiger partial charge on any atom is 0.317 e. The van der Waals surface area contributed by atoms with E-state index < -0.39 is 12.1 Å². The van der Waals surface area contributed by atoms with E-state index >= 15 is 0 Å². The molecule has 0 aromatic carbocycles. The molecule has 2 fully saturated rings. The summed E-state index contributed by atoms with van der Waals surface area (Å²) in [6.07, 6.45) is 9.83. The van der Waals surface area contributed by atoms with E-state index in [1.165, 1.54) is 55.2 Å². The number of aromatic nitrogens is 2. The third kappa shape index (κ3) is 6.62. The molecule has 1 atom stereocenters. The molecule has 0 bridgehead atoms. The Morgan fingerprint density at radius 3 is 2.54 bits per heavy atom. The van der Waals surface area contributed by atoms with Gasteiger partial charge in [-0.3, -0.25) is 9.59 Å². The van der Waals surface area contributed by atoms with Gasteiger partial charge in [-0.05, 0) is 32.6 Å².